The zero-order valence-corrected chi connectivity index (χ0v) is 16.7. The second kappa shape index (κ2) is 7.59. The fourth-order valence-corrected chi connectivity index (χ4v) is 4.05. The van der Waals surface area contributed by atoms with Crippen molar-refractivity contribution in [3.63, 3.8) is 0 Å². The predicted octanol–water partition coefficient (Wildman–Crippen LogP) is 2.78. The SMILES string of the molecule is Nc1nccn2c(Cc3cc(-c4ccc(F)c(F)c4)ncc3N3CCC(N)C3)cnc12. The molecule has 0 bridgehead atoms. The summed E-state index contributed by atoms with van der Waals surface area (Å²) >= 11 is 0. The van der Waals surface area contributed by atoms with Gasteiger partial charge in [-0.15, -0.1) is 0 Å². The van der Waals surface area contributed by atoms with Crippen molar-refractivity contribution in [1.82, 2.24) is 19.4 Å². The first kappa shape index (κ1) is 19.4. The smallest absolute Gasteiger partial charge is 0.180 e. The molecule has 9 heteroatoms. The summed E-state index contributed by atoms with van der Waals surface area (Å²) in [7, 11) is 0. The summed E-state index contributed by atoms with van der Waals surface area (Å²) in [4.78, 5) is 15.2. The molecule has 4 heterocycles. The van der Waals surface area contributed by atoms with E-state index in [0.717, 1.165) is 48.6 Å². The molecule has 1 aliphatic heterocycles. The number of aromatic nitrogens is 4. The van der Waals surface area contributed by atoms with Crippen molar-refractivity contribution in [3.8, 4) is 11.3 Å². The molecule has 5 rings (SSSR count). The van der Waals surface area contributed by atoms with Crippen LogP contribution in [-0.4, -0.2) is 38.5 Å². The molecule has 0 amide bonds. The molecular weight excluding hydrogens is 400 g/mol. The number of imidazole rings is 1. The third-order valence-electron chi connectivity index (χ3n) is 5.65. The third-order valence-corrected chi connectivity index (χ3v) is 5.65. The number of nitrogen functional groups attached to an aromatic ring is 1. The van der Waals surface area contributed by atoms with E-state index in [0.29, 0.717) is 29.1 Å². The number of hydrogen-bond donors (Lipinski definition) is 2. The summed E-state index contributed by atoms with van der Waals surface area (Å²) < 4.78 is 29.1. The number of nitrogens with two attached hydrogens (primary N) is 2. The van der Waals surface area contributed by atoms with Crippen LogP contribution in [0.25, 0.3) is 16.9 Å². The van der Waals surface area contributed by atoms with Crippen molar-refractivity contribution in [2.24, 2.45) is 5.73 Å². The minimum absolute atomic E-state index is 0.111. The molecule has 3 aromatic heterocycles. The lowest BCUT2D eigenvalue weighted by molar-refractivity contribution is 0.509. The Morgan fingerprint density at radius 2 is 1.94 bits per heavy atom. The van der Waals surface area contributed by atoms with Crippen molar-refractivity contribution in [2.75, 3.05) is 23.7 Å². The summed E-state index contributed by atoms with van der Waals surface area (Å²) in [6.07, 6.45) is 8.45. The molecule has 1 saturated heterocycles. The van der Waals surface area contributed by atoms with E-state index in [1.807, 2.05) is 16.7 Å². The van der Waals surface area contributed by atoms with Gasteiger partial charge >= 0.3 is 0 Å². The molecule has 1 aliphatic rings. The molecule has 0 aliphatic carbocycles. The molecule has 0 radical (unpaired) electrons. The van der Waals surface area contributed by atoms with Gasteiger partial charge in [0.1, 0.15) is 0 Å². The van der Waals surface area contributed by atoms with E-state index in [9.17, 15) is 8.78 Å². The van der Waals surface area contributed by atoms with E-state index < -0.39 is 11.6 Å². The zero-order chi connectivity index (χ0) is 21.5. The first-order valence-corrected chi connectivity index (χ1v) is 10.0. The van der Waals surface area contributed by atoms with E-state index in [2.05, 4.69) is 19.9 Å². The molecule has 158 valence electrons. The fourth-order valence-electron chi connectivity index (χ4n) is 4.05. The van der Waals surface area contributed by atoms with Crippen LogP contribution in [0.4, 0.5) is 20.3 Å². The van der Waals surface area contributed by atoms with Gasteiger partial charge < -0.3 is 16.4 Å². The molecule has 0 saturated carbocycles. The maximum atomic E-state index is 13.8. The van der Waals surface area contributed by atoms with Gasteiger partial charge in [-0.3, -0.25) is 9.38 Å². The Morgan fingerprint density at radius 1 is 1.06 bits per heavy atom. The Labute approximate surface area is 177 Å². The Kier molecular flexibility index (Phi) is 4.74. The van der Waals surface area contributed by atoms with Crippen LogP contribution in [0.15, 0.2) is 49.1 Å². The highest BCUT2D eigenvalue weighted by molar-refractivity contribution is 5.66. The highest BCUT2D eigenvalue weighted by Gasteiger charge is 2.23. The molecule has 1 aromatic carbocycles. The van der Waals surface area contributed by atoms with Crippen molar-refractivity contribution < 1.29 is 8.78 Å². The van der Waals surface area contributed by atoms with Crippen molar-refractivity contribution >= 4 is 17.2 Å². The molecule has 4 aromatic rings. The average Bonchev–Trinajstić information content (AvgIpc) is 3.37. The number of halogens is 2. The molecule has 1 atom stereocenters. The lowest BCUT2D eigenvalue weighted by Crippen LogP contribution is -2.27. The molecule has 7 nitrogen and oxygen atoms in total. The standard InChI is InChI=1S/C22H21F2N7/c23-17-2-1-13(8-18(17)24)19-9-14(20(11-28-19)30-5-3-15(25)12-30)7-16-10-29-22-21(26)27-4-6-31(16)22/h1-2,4,6,8-11,15H,3,5,7,12,25H2,(H2,26,27). The highest BCUT2D eigenvalue weighted by atomic mass is 19.2. The van der Waals surface area contributed by atoms with Gasteiger partial charge in [0.2, 0.25) is 0 Å². The van der Waals surface area contributed by atoms with Crippen LogP contribution in [0.5, 0.6) is 0 Å². The van der Waals surface area contributed by atoms with Crippen LogP contribution in [0.1, 0.15) is 17.7 Å². The molecule has 4 N–H and O–H groups in total. The van der Waals surface area contributed by atoms with Gasteiger partial charge in [0.15, 0.2) is 23.1 Å². The van der Waals surface area contributed by atoms with Gasteiger partial charge in [-0.05, 0) is 36.2 Å². The van der Waals surface area contributed by atoms with Gasteiger partial charge in [-0.2, -0.15) is 0 Å². The van der Waals surface area contributed by atoms with Gasteiger partial charge in [0.25, 0.3) is 0 Å². The summed E-state index contributed by atoms with van der Waals surface area (Å²) in [6.45, 7) is 1.58. The van der Waals surface area contributed by atoms with Crippen LogP contribution in [0.3, 0.4) is 0 Å². The van der Waals surface area contributed by atoms with Crippen LogP contribution >= 0.6 is 0 Å². The maximum Gasteiger partial charge on any atom is 0.180 e. The van der Waals surface area contributed by atoms with E-state index in [4.69, 9.17) is 11.5 Å². The number of nitrogens with zero attached hydrogens (tertiary/aromatic N) is 5. The van der Waals surface area contributed by atoms with Crippen LogP contribution in [0.2, 0.25) is 0 Å². The van der Waals surface area contributed by atoms with Gasteiger partial charge in [0.05, 0.1) is 17.6 Å². The largest absolute Gasteiger partial charge is 0.381 e. The van der Waals surface area contributed by atoms with Crippen LogP contribution in [0, 0.1) is 11.6 Å². The van der Waals surface area contributed by atoms with E-state index in [-0.39, 0.29) is 6.04 Å². The molecule has 1 unspecified atom stereocenters. The van der Waals surface area contributed by atoms with E-state index in [1.165, 1.54) is 6.07 Å². The average molecular weight is 421 g/mol. The predicted molar refractivity (Wildman–Crippen MR) is 115 cm³/mol. The number of anilines is 2. The van der Waals surface area contributed by atoms with Crippen LogP contribution in [-0.2, 0) is 6.42 Å². The summed E-state index contributed by atoms with van der Waals surface area (Å²) in [5.74, 6) is -1.43. The Balaban J connectivity index is 1.59. The molecule has 1 fully saturated rings. The zero-order valence-electron chi connectivity index (χ0n) is 16.7. The quantitative estimate of drug-likeness (QED) is 0.526. The first-order chi connectivity index (χ1) is 15.0. The Hall–Kier alpha value is -3.59. The van der Waals surface area contributed by atoms with Gasteiger partial charge in [-0.1, -0.05) is 0 Å². The van der Waals surface area contributed by atoms with E-state index in [1.54, 1.807) is 18.6 Å². The number of benzene rings is 1. The second-order valence-electron chi connectivity index (χ2n) is 7.75. The maximum absolute atomic E-state index is 13.8. The van der Waals surface area contributed by atoms with Gasteiger partial charge in [-0.25, -0.2) is 18.7 Å². The van der Waals surface area contributed by atoms with Crippen molar-refractivity contribution in [3.05, 3.63) is 71.9 Å². The minimum atomic E-state index is -0.903. The highest BCUT2D eigenvalue weighted by Crippen LogP contribution is 2.30. The normalized spacial score (nSPS) is 16.4. The lowest BCUT2D eigenvalue weighted by atomic mass is 10.0. The van der Waals surface area contributed by atoms with Crippen molar-refractivity contribution in [1.29, 1.82) is 0 Å². The number of pyridine rings is 1. The molecular formula is C22H21F2N7. The summed E-state index contributed by atoms with van der Waals surface area (Å²) in [5.41, 5.74) is 16.6. The lowest BCUT2D eigenvalue weighted by Gasteiger charge is -2.22. The van der Waals surface area contributed by atoms with Gasteiger partial charge in [0, 0.05) is 55.4 Å². The number of rotatable bonds is 4. The second-order valence-corrected chi connectivity index (χ2v) is 7.75. The fraction of sp³-hybridized carbons (Fsp3) is 0.227. The summed E-state index contributed by atoms with van der Waals surface area (Å²) in [5, 5.41) is 0. The van der Waals surface area contributed by atoms with Crippen LogP contribution < -0.4 is 16.4 Å². The first-order valence-electron chi connectivity index (χ1n) is 10.0. The molecule has 0 spiro atoms. The number of hydrogen-bond acceptors (Lipinski definition) is 6. The monoisotopic (exact) mass is 421 g/mol. The minimum Gasteiger partial charge on any atom is -0.381 e. The van der Waals surface area contributed by atoms with E-state index >= 15 is 0 Å². The van der Waals surface area contributed by atoms with Crippen molar-refractivity contribution in [2.45, 2.75) is 18.9 Å². The number of fused-ring (bicyclic) bond motifs is 1. The topological polar surface area (TPSA) is 98.4 Å². The Bertz CT molecular complexity index is 1270. The third kappa shape index (κ3) is 3.57. The molecule has 31 heavy (non-hydrogen) atoms. The summed E-state index contributed by atoms with van der Waals surface area (Å²) in [6, 6.07) is 5.82. The Morgan fingerprint density at radius 3 is 2.71 bits per heavy atom.